The summed E-state index contributed by atoms with van der Waals surface area (Å²) in [6.45, 7) is 6.35. The van der Waals surface area contributed by atoms with Crippen molar-refractivity contribution in [2.24, 2.45) is 0 Å². The van der Waals surface area contributed by atoms with Crippen molar-refractivity contribution in [1.82, 2.24) is 0 Å². The van der Waals surface area contributed by atoms with E-state index in [4.69, 9.17) is 4.42 Å². The fraction of sp³-hybridized carbons (Fsp3) is 0.200. The maximum atomic E-state index is 9.48. The highest BCUT2D eigenvalue weighted by Gasteiger charge is 2.03. The molecule has 3 heteroatoms. The lowest BCUT2D eigenvalue weighted by atomic mass is 10.1. The lowest BCUT2D eigenvalue weighted by molar-refractivity contribution is 0.474. The topological polar surface area (TPSA) is 36.6 Å². The predicted octanol–water partition coefficient (Wildman–Crippen LogP) is 5.16. The van der Waals surface area contributed by atoms with Crippen molar-refractivity contribution in [3.63, 3.8) is 0 Å². The van der Waals surface area contributed by atoms with Crippen molar-refractivity contribution in [2.45, 2.75) is 13.8 Å². The summed E-state index contributed by atoms with van der Waals surface area (Å²) in [5.74, 6) is 0.993. The van der Waals surface area contributed by atoms with Gasteiger partial charge in [0.1, 0.15) is 17.1 Å². The molecule has 1 aromatic heterocycles. The van der Waals surface area contributed by atoms with Crippen LogP contribution in [0.15, 0.2) is 52.9 Å². The SMILES string of the molecule is CCN(CC)c1ccc(C=Cc2cc3ccc(O)cc3o2)cc1. The number of benzene rings is 2. The monoisotopic (exact) mass is 307 g/mol. The molecule has 0 unspecified atom stereocenters. The normalized spacial score (nSPS) is 11.4. The molecule has 118 valence electrons. The molecule has 3 aromatic rings. The Kier molecular flexibility index (Phi) is 4.38. The molecule has 2 aromatic carbocycles. The molecule has 0 fully saturated rings. The van der Waals surface area contributed by atoms with E-state index in [1.165, 1.54) is 5.69 Å². The predicted molar refractivity (Wildman–Crippen MR) is 96.8 cm³/mol. The minimum absolute atomic E-state index is 0.217. The smallest absolute Gasteiger partial charge is 0.138 e. The summed E-state index contributed by atoms with van der Waals surface area (Å²) in [5.41, 5.74) is 3.07. The standard InChI is InChI=1S/C20H21NO2/c1-3-21(4-2)17-9-5-15(6-10-17)7-12-19-13-16-8-11-18(22)14-20(16)23-19/h5-14,22H,3-4H2,1-2H3. The van der Waals surface area contributed by atoms with Crippen molar-refractivity contribution >= 4 is 28.8 Å². The van der Waals surface area contributed by atoms with Gasteiger partial charge < -0.3 is 14.4 Å². The summed E-state index contributed by atoms with van der Waals surface area (Å²) in [6, 6.07) is 15.6. The number of fused-ring (bicyclic) bond motifs is 1. The van der Waals surface area contributed by atoms with E-state index in [-0.39, 0.29) is 5.75 Å². The van der Waals surface area contributed by atoms with Crippen LogP contribution in [0.25, 0.3) is 23.1 Å². The molecule has 0 spiro atoms. The molecule has 0 aliphatic heterocycles. The largest absolute Gasteiger partial charge is 0.508 e. The molecule has 3 nitrogen and oxygen atoms in total. The van der Waals surface area contributed by atoms with Gasteiger partial charge >= 0.3 is 0 Å². The van der Waals surface area contributed by atoms with Gasteiger partial charge in [0.25, 0.3) is 0 Å². The van der Waals surface area contributed by atoms with Crippen LogP contribution < -0.4 is 4.90 Å². The van der Waals surface area contributed by atoms with Crippen LogP contribution in [0.5, 0.6) is 5.75 Å². The van der Waals surface area contributed by atoms with E-state index in [1.54, 1.807) is 12.1 Å². The highest BCUT2D eigenvalue weighted by atomic mass is 16.3. The molecule has 0 amide bonds. The number of anilines is 1. The highest BCUT2D eigenvalue weighted by molar-refractivity contribution is 5.82. The van der Waals surface area contributed by atoms with Crippen LogP contribution in [0.1, 0.15) is 25.2 Å². The summed E-state index contributed by atoms with van der Waals surface area (Å²) in [7, 11) is 0. The molecule has 0 saturated heterocycles. The first kappa shape index (κ1) is 15.2. The van der Waals surface area contributed by atoms with Crippen molar-refractivity contribution in [1.29, 1.82) is 0 Å². The minimum Gasteiger partial charge on any atom is -0.508 e. The lowest BCUT2D eigenvalue weighted by Crippen LogP contribution is -2.21. The van der Waals surface area contributed by atoms with Crippen LogP contribution in [0.3, 0.4) is 0 Å². The Balaban J connectivity index is 1.78. The molecular weight excluding hydrogens is 286 g/mol. The van der Waals surface area contributed by atoms with Gasteiger partial charge in [0.2, 0.25) is 0 Å². The molecule has 0 radical (unpaired) electrons. The van der Waals surface area contributed by atoms with Gasteiger partial charge in [-0.3, -0.25) is 0 Å². The number of phenols is 1. The number of nitrogens with zero attached hydrogens (tertiary/aromatic N) is 1. The second-order valence-corrected chi connectivity index (χ2v) is 5.47. The number of hydrogen-bond acceptors (Lipinski definition) is 3. The summed E-state index contributed by atoms with van der Waals surface area (Å²) in [6.07, 6.45) is 3.98. The number of aromatic hydroxyl groups is 1. The lowest BCUT2D eigenvalue weighted by Gasteiger charge is -2.20. The average molecular weight is 307 g/mol. The number of furan rings is 1. The summed E-state index contributed by atoms with van der Waals surface area (Å²) < 4.78 is 5.71. The van der Waals surface area contributed by atoms with Gasteiger partial charge in [-0.05, 0) is 55.8 Å². The zero-order chi connectivity index (χ0) is 16.2. The Labute approximate surface area is 136 Å². The van der Waals surface area contributed by atoms with Gasteiger partial charge in [-0.2, -0.15) is 0 Å². The number of rotatable bonds is 5. The Hall–Kier alpha value is -2.68. The summed E-state index contributed by atoms with van der Waals surface area (Å²) >= 11 is 0. The molecule has 0 saturated carbocycles. The quantitative estimate of drug-likeness (QED) is 0.707. The van der Waals surface area contributed by atoms with Crippen molar-refractivity contribution in [3.8, 4) is 5.75 Å². The highest BCUT2D eigenvalue weighted by Crippen LogP contribution is 2.25. The van der Waals surface area contributed by atoms with Gasteiger partial charge in [-0.25, -0.2) is 0 Å². The van der Waals surface area contributed by atoms with E-state index in [0.717, 1.165) is 29.8 Å². The molecule has 0 aliphatic rings. The van der Waals surface area contributed by atoms with E-state index >= 15 is 0 Å². The Bertz CT molecular complexity index is 811. The molecule has 1 N–H and O–H groups in total. The van der Waals surface area contributed by atoms with Gasteiger partial charge in [0, 0.05) is 30.2 Å². The Morgan fingerprint density at radius 3 is 2.39 bits per heavy atom. The van der Waals surface area contributed by atoms with Crippen LogP contribution in [-0.2, 0) is 0 Å². The van der Waals surface area contributed by atoms with Crippen LogP contribution in [0.4, 0.5) is 5.69 Å². The zero-order valence-electron chi connectivity index (χ0n) is 13.5. The zero-order valence-corrected chi connectivity index (χ0v) is 13.5. The first-order valence-electron chi connectivity index (χ1n) is 7.95. The van der Waals surface area contributed by atoms with E-state index in [2.05, 4.69) is 43.0 Å². The maximum Gasteiger partial charge on any atom is 0.138 e. The molecule has 3 rings (SSSR count). The van der Waals surface area contributed by atoms with E-state index in [1.807, 2.05) is 24.3 Å². The Morgan fingerprint density at radius 2 is 1.70 bits per heavy atom. The third kappa shape index (κ3) is 3.39. The third-order valence-corrected chi connectivity index (χ3v) is 3.98. The molecule has 0 bridgehead atoms. The minimum atomic E-state index is 0.217. The van der Waals surface area contributed by atoms with Gasteiger partial charge in [0.15, 0.2) is 0 Å². The third-order valence-electron chi connectivity index (χ3n) is 3.98. The summed E-state index contributed by atoms with van der Waals surface area (Å²) in [5, 5.41) is 10.5. The Morgan fingerprint density at radius 1 is 0.957 bits per heavy atom. The van der Waals surface area contributed by atoms with Crippen LogP contribution in [-0.4, -0.2) is 18.2 Å². The second-order valence-electron chi connectivity index (χ2n) is 5.47. The fourth-order valence-corrected chi connectivity index (χ4v) is 2.69. The molecule has 23 heavy (non-hydrogen) atoms. The second kappa shape index (κ2) is 6.61. The first-order chi connectivity index (χ1) is 11.2. The van der Waals surface area contributed by atoms with Crippen LogP contribution in [0, 0.1) is 0 Å². The maximum absolute atomic E-state index is 9.48. The van der Waals surface area contributed by atoms with E-state index in [0.29, 0.717) is 5.58 Å². The van der Waals surface area contributed by atoms with Crippen molar-refractivity contribution < 1.29 is 9.52 Å². The fourth-order valence-electron chi connectivity index (χ4n) is 2.69. The van der Waals surface area contributed by atoms with E-state index < -0.39 is 0 Å². The van der Waals surface area contributed by atoms with E-state index in [9.17, 15) is 5.11 Å². The molecule has 1 heterocycles. The van der Waals surface area contributed by atoms with Crippen LogP contribution in [0.2, 0.25) is 0 Å². The number of phenolic OH excluding ortho intramolecular Hbond substituents is 1. The first-order valence-corrected chi connectivity index (χ1v) is 7.95. The van der Waals surface area contributed by atoms with Gasteiger partial charge in [-0.1, -0.05) is 18.2 Å². The van der Waals surface area contributed by atoms with Gasteiger partial charge in [0.05, 0.1) is 0 Å². The summed E-state index contributed by atoms with van der Waals surface area (Å²) in [4.78, 5) is 2.32. The van der Waals surface area contributed by atoms with Crippen molar-refractivity contribution in [2.75, 3.05) is 18.0 Å². The average Bonchev–Trinajstić information content (AvgIpc) is 2.97. The van der Waals surface area contributed by atoms with Crippen LogP contribution >= 0.6 is 0 Å². The molecule has 0 aliphatic carbocycles. The molecule has 0 atom stereocenters. The number of hydrogen-bond donors (Lipinski definition) is 1. The molecular formula is C20H21NO2. The van der Waals surface area contributed by atoms with Crippen molar-refractivity contribution in [3.05, 3.63) is 59.9 Å². The van der Waals surface area contributed by atoms with Gasteiger partial charge in [-0.15, -0.1) is 0 Å².